The third-order valence-electron chi connectivity index (χ3n) is 13.0. The highest BCUT2D eigenvalue weighted by atomic mass is 16.6. The minimum absolute atomic E-state index is 0.0486. The molecule has 1 saturated heterocycles. The summed E-state index contributed by atoms with van der Waals surface area (Å²) in [6.45, 7) is 12.4. The molecular weight excluding hydrogens is 610 g/mol. The molecule has 2 amide bonds. The van der Waals surface area contributed by atoms with E-state index in [1.807, 2.05) is 27.7 Å². The van der Waals surface area contributed by atoms with Crippen molar-refractivity contribution in [1.82, 2.24) is 10.6 Å². The van der Waals surface area contributed by atoms with Crippen LogP contribution in [0.3, 0.4) is 0 Å². The van der Waals surface area contributed by atoms with Crippen LogP contribution in [0.1, 0.15) is 112 Å². The Labute approximate surface area is 286 Å². The summed E-state index contributed by atoms with van der Waals surface area (Å²) >= 11 is 0. The smallest absolute Gasteiger partial charge is 0.305 e. The van der Waals surface area contributed by atoms with E-state index in [9.17, 15) is 24.6 Å². The number of ether oxygens (including phenoxy) is 1. The fraction of sp³-hybridized carbons (Fsp3) is 0.789. The number of fused-ring (bicyclic) bond motifs is 5. The fourth-order valence-electron chi connectivity index (χ4n) is 10.2. The average molecular weight is 668 g/mol. The highest BCUT2D eigenvalue weighted by Gasteiger charge is 2.63. The van der Waals surface area contributed by atoms with Crippen molar-refractivity contribution < 1.29 is 34.2 Å². The molecule has 0 aromatic rings. The molecule has 1 heterocycles. The normalized spacial score (nSPS) is 37.6. The van der Waals surface area contributed by atoms with Crippen molar-refractivity contribution in [2.24, 2.45) is 45.6 Å². The summed E-state index contributed by atoms with van der Waals surface area (Å²) in [7, 11) is 0. The van der Waals surface area contributed by atoms with Gasteiger partial charge in [0.05, 0.1) is 17.7 Å². The van der Waals surface area contributed by atoms with E-state index >= 15 is 0 Å². The lowest BCUT2D eigenvalue weighted by atomic mass is 9.46. The van der Waals surface area contributed by atoms with Crippen molar-refractivity contribution in [1.29, 1.82) is 0 Å². The lowest BCUT2D eigenvalue weighted by Crippen LogP contribution is -2.55. The van der Waals surface area contributed by atoms with E-state index in [-0.39, 0.29) is 35.7 Å². The Morgan fingerprint density at radius 3 is 2.46 bits per heavy atom. The van der Waals surface area contributed by atoms with Gasteiger partial charge >= 0.3 is 5.97 Å². The van der Waals surface area contributed by atoms with Crippen molar-refractivity contribution in [2.45, 2.75) is 135 Å². The summed E-state index contributed by atoms with van der Waals surface area (Å²) in [5.74, 6) is 2.19. The quantitative estimate of drug-likeness (QED) is 0.190. The summed E-state index contributed by atoms with van der Waals surface area (Å²) in [6, 6.07) is -1.42. The standard InChI is InChI=1S/C38H57N3O7/c1-8-38(46)17-13-29-27-10-9-25-19-26(11-15-36(25,6)28(27)12-16-37(29,38)7)41-48-22-31(42)40-33(23(2)3)34(45)39-30(20-32(43)44)24-14-18-47-35(4,5)21-24/h1,19,23-24,27-30,33,46H,9-18,20-22H2,2-7H3,(H,39,45)(H,40,42)(H,43,44)/b41-26-/t24-,27-,28+,29+,30-,33+,36+,37+,38-/m1/s1. The molecule has 4 N–H and O–H groups in total. The number of hydrogen-bond donors (Lipinski definition) is 4. The zero-order valence-electron chi connectivity index (χ0n) is 29.8. The Morgan fingerprint density at radius 1 is 1.06 bits per heavy atom. The zero-order chi connectivity index (χ0) is 35.1. The van der Waals surface area contributed by atoms with Crippen LogP contribution >= 0.6 is 0 Å². The molecule has 1 aliphatic heterocycles. The number of carboxylic acid groups (broad SMARTS) is 1. The summed E-state index contributed by atoms with van der Waals surface area (Å²) in [4.78, 5) is 43.5. The number of amides is 2. The maximum atomic E-state index is 13.4. The number of aliphatic carboxylic acids is 1. The van der Waals surface area contributed by atoms with Crippen molar-refractivity contribution in [3.05, 3.63) is 11.6 Å². The Balaban J connectivity index is 1.17. The summed E-state index contributed by atoms with van der Waals surface area (Å²) in [5.41, 5.74) is 0.689. The van der Waals surface area contributed by atoms with Gasteiger partial charge in [0.15, 0.2) is 6.61 Å². The van der Waals surface area contributed by atoms with E-state index in [1.165, 1.54) is 5.57 Å². The predicted molar refractivity (Wildman–Crippen MR) is 183 cm³/mol. The van der Waals surface area contributed by atoms with Crippen LogP contribution in [0.25, 0.3) is 0 Å². The van der Waals surface area contributed by atoms with Gasteiger partial charge in [0.25, 0.3) is 5.91 Å². The number of allylic oxidation sites excluding steroid dienone is 2. The first-order valence-electron chi connectivity index (χ1n) is 18.1. The van der Waals surface area contributed by atoms with Crippen LogP contribution in [0.2, 0.25) is 0 Å². The number of hydrogen-bond acceptors (Lipinski definition) is 7. The number of aliphatic hydroxyl groups is 1. The summed E-state index contributed by atoms with van der Waals surface area (Å²) in [6.07, 6.45) is 16.6. The minimum Gasteiger partial charge on any atom is -0.481 e. The molecule has 10 nitrogen and oxygen atoms in total. The van der Waals surface area contributed by atoms with E-state index in [1.54, 1.807) is 0 Å². The number of nitrogens with one attached hydrogen (secondary N) is 2. The highest BCUT2D eigenvalue weighted by molar-refractivity contribution is 5.96. The largest absolute Gasteiger partial charge is 0.481 e. The molecule has 48 heavy (non-hydrogen) atoms. The van der Waals surface area contributed by atoms with Crippen LogP contribution in [0.4, 0.5) is 0 Å². The number of carbonyl (C=O) groups is 3. The maximum absolute atomic E-state index is 13.4. The van der Waals surface area contributed by atoms with Gasteiger partial charge in [-0.05, 0) is 119 Å². The highest BCUT2D eigenvalue weighted by Crippen LogP contribution is 2.67. The molecule has 0 spiro atoms. The van der Waals surface area contributed by atoms with Crippen molar-refractivity contribution in [3.63, 3.8) is 0 Å². The van der Waals surface area contributed by atoms with Crippen molar-refractivity contribution >= 4 is 23.5 Å². The fourth-order valence-corrected chi connectivity index (χ4v) is 10.2. The first-order chi connectivity index (χ1) is 22.5. The second kappa shape index (κ2) is 13.8. The first-order valence-corrected chi connectivity index (χ1v) is 18.1. The van der Waals surface area contributed by atoms with Crippen molar-refractivity contribution in [2.75, 3.05) is 13.2 Å². The van der Waals surface area contributed by atoms with E-state index in [0.717, 1.165) is 50.7 Å². The number of carbonyl (C=O) groups excluding carboxylic acids is 2. The molecule has 10 heteroatoms. The second-order valence-corrected chi connectivity index (χ2v) is 16.7. The van der Waals surface area contributed by atoms with Crippen molar-refractivity contribution in [3.8, 4) is 12.3 Å². The first kappa shape index (κ1) is 36.4. The Bertz CT molecular complexity index is 1370. The monoisotopic (exact) mass is 667 g/mol. The minimum atomic E-state index is -1.00. The third-order valence-corrected chi connectivity index (χ3v) is 13.0. The molecule has 4 fully saturated rings. The van der Waals surface area contributed by atoms with Gasteiger partial charge in [-0.1, -0.05) is 44.3 Å². The Hall–Kier alpha value is -2.90. The molecule has 0 aromatic heterocycles. The number of oxime groups is 1. The SMILES string of the molecule is C#C[C@@]1(O)CC[C@H]2[C@@H]3CCC4=C/C(=N\OCC(=O)N[C@H](C(=O)N[C@H](CC(=O)O)[C@@H]5CCOC(C)(C)C5)C(C)C)CC[C@]4(C)[C@H]3CC[C@@]21C. The number of terminal acetylenes is 1. The topological polar surface area (TPSA) is 147 Å². The van der Waals surface area contributed by atoms with Crippen LogP contribution in [0.15, 0.2) is 16.8 Å². The molecule has 0 bridgehead atoms. The van der Waals surface area contributed by atoms with E-state index in [2.05, 4.69) is 41.6 Å². The van der Waals surface area contributed by atoms with Gasteiger partial charge in [-0.15, -0.1) is 6.42 Å². The molecule has 5 aliphatic rings. The number of carboxylic acids is 1. The molecule has 0 unspecified atom stereocenters. The average Bonchev–Trinajstić information content (AvgIpc) is 3.29. The van der Waals surface area contributed by atoms with Gasteiger partial charge in [-0.25, -0.2) is 0 Å². The van der Waals surface area contributed by atoms with Crippen LogP contribution in [-0.2, 0) is 24.0 Å². The van der Waals surface area contributed by atoms with Crippen LogP contribution in [-0.4, -0.2) is 70.2 Å². The van der Waals surface area contributed by atoms with E-state index < -0.39 is 41.1 Å². The molecule has 3 saturated carbocycles. The van der Waals surface area contributed by atoms with E-state index in [4.69, 9.17) is 16.0 Å². The summed E-state index contributed by atoms with van der Waals surface area (Å²) in [5, 5.41) is 30.9. The molecular formula is C38H57N3O7. The molecule has 0 aromatic carbocycles. The van der Waals surface area contributed by atoms with Gasteiger partial charge in [-0.3, -0.25) is 14.4 Å². The number of nitrogens with zero attached hydrogens (tertiary/aromatic N) is 1. The lowest BCUT2D eigenvalue weighted by Gasteiger charge is -2.58. The molecule has 0 radical (unpaired) electrons. The van der Waals surface area contributed by atoms with E-state index in [0.29, 0.717) is 43.6 Å². The van der Waals surface area contributed by atoms with Gasteiger partial charge < -0.3 is 30.4 Å². The van der Waals surface area contributed by atoms with Crippen LogP contribution in [0.5, 0.6) is 0 Å². The Morgan fingerprint density at radius 2 is 1.79 bits per heavy atom. The van der Waals surface area contributed by atoms with Crippen LogP contribution < -0.4 is 10.6 Å². The van der Waals surface area contributed by atoms with Gasteiger partial charge in [0, 0.05) is 18.1 Å². The zero-order valence-corrected chi connectivity index (χ0v) is 29.8. The predicted octanol–water partition coefficient (Wildman–Crippen LogP) is 4.99. The lowest BCUT2D eigenvalue weighted by molar-refractivity contribution is -0.140. The molecule has 9 atom stereocenters. The molecule has 4 aliphatic carbocycles. The van der Waals surface area contributed by atoms with Gasteiger partial charge in [0.2, 0.25) is 5.91 Å². The summed E-state index contributed by atoms with van der Waals surface area (Å²) < 4.78 is 5.80. The van der Waals surface area contributed by atoms with Crippen LogP contribution in [0, 0.1) is 52.8 Å². The molecule has 266 valence electrons. The maximum Gasteiger partial charge on any atom is 0.305 e. The second-order valence-electron chi connectivity index (χ2n) is 16.7. The molecule has 5 rings (SSSR count). The third kappa shape index (κ3) is 7.05. The number of rotatable bonds is 10. The van der Waals surface area contributed by atoms with Gasteiger partial charge in [0.1, 0.15) is 11.6 Å². The van der Waals surface area contributed by atoms with Gasteiger partial charge in [-0.2, -0.15) is 0 Å². The Kier molecular flexibility index (Phi) is 10.4.